The first-order valence-electron chi connectivity index (χ1n) is 5.98. The van der Waals surface area contributed by atoms with E-state index in [-0.39, 0.29) is 17.2 Å². The molecule has 0 spiro atoms. The van der Waals surface area contributed by atoms with E-state index in [1.54, 1.807) is 0 Å². The van der Waals surface area contributed by atoms with Gasteiger partial charge in [0.05, 0.1) is 0 Å². The number of hydrogen-bond donors (Lipinski definition) is 1. The van der Waals surface area contributed by atoms with Gasteiger partial charge in [0, 0.05) is 26.7 Å². The van der Waals surface area contributed by atoms with Crippen LogP contribution in [0.3, 0.4) is 0 Å². The number of aryl methyl sites for hydroxylation is 2. The molecule has 1 aromatic heterocycles. The van der Waals surface area contributed by atoms with Gasteiger partial charge in [-0.3, -0.25) is 4.79 Å². The highest BCUT2D eigenvalue weighted by atomic mass is 79.9. The van der Waals surface area contributed by atoms with Gasteiger partial charge < -0.3 is 15.4 Å². The lowest BCUT2D eigenvalue weighted by Gasteiger charge is -2.06. The molecule has 0 unspecified atom stereocenters. The first-order chi connectivity index (χ1) is 9.85. The highest BCUT2D eigenvalue weighted by molar-refractivity contribution is 9.10. The first-order valence-corrected chi connectivity index (χ1v) is 6.77. The predicted molar refractivity (Wildman–Crippen MR) is 78.9 cm³/mol. The molecule has 0 fully saturated rings. The van der Waals surface area contributed by atoms with Crippen LogP contribution in [0.4, 0.5) is 11.6 Å². The Bertz CT molecular complexity index is 693. The maximum Gasteiger partial charge on any atom is 0.492 e. The summed E-state index contributed by atoms with van der Waals surface area (Å²) in [6, 6.07) is 5.67. The van der Waals surface area contributed by atoms with Crippen molar-refractivity contribution in [2.75, 3.05) is 5.32 Å². The molecule has 0 bridgehead atoms. The van der Waals surface area contributed by atoms with Gasteiger partial charge in [0.1, 0.15) is 6.54 Å². The number of nitrogens with one attached hydrogen (secondary N) is 1. The molecule has 0 saturated heterocycles. The highest BCUT2D eigenvalue weighted by Gasteiger charge is 2.21. The topological polar surface area (TPSA) is 103 Å². The van der Waals surface area contributed by atoms with Crippen molar-refractivity contribution in [3.63, 3.8) is 0 Å². The van der Waals surface area contributed by atoms with Gasteiger partial charge in [-0.15, -0.1) is 0 Å². The van der Waals surface area contributed by atoms with Crippen LogP contribution in [-0.2, 0) is 11.3 Å². The van der Waals surface area contributed by atoms with E-state index in [4.69, 9.17) is 0 Å². The number of anilines is 1. The number of carbonyl (C=O) groups is 1. The monoisotopic (exact) mass is 353 g/mol. The van der Waals surface area contributed by atoms with E-state index in [1.165, 1.54) is 0 Å². The van der Waals surface area contributed by atoms with Crippen LogP contribution in [0.2, 0.25) is 0 Å². The average molecular weight is 354 g/mol. The Labute approximate surface area is 128 Å². The standard InChI is InChI=1S/C12H12BrN5O3/c1-7-3-8(2)5-9(4-7)14-10(19)6-17-11(13)15-12(16-17)18(20)21/h3-5H,6H2,1-2H3,(H,14,19). The predicted octanol–water partition coefficient (Wildman–Crippen LogP) is 2.20. The zero-order chi connectivity index (χ0) is 15.6. The summed E-state index contributed by atoms with van der Waals surface area (Å²) in [7, 11) is 0. The maximum absolute atomic E-state index is 11.9. The van der Waals surface area contributed by atoms with E-state index in [0.717, 1.165) is 15.8 Å². The minimum Gasteiger partial charge on any atom is -0.390 e. The Balaban J connectivity index is 2.09. The summed E-state index contributed by atoms with van der Waals surface area (Å²) in [6.45, 7) is 3.69. The fourth-order valence-corrected chi connectivity index (χ4v) is 2.24. The van der Waals surface area contributed by atoms with E-state index in [2.05, 4.69) is 31.3 Å². The molecule has 0 aliphatic carbocycles. The number of halogens is 1. The number of hydrogen-bond acceptors (Lipinski definition) is 5. The van der Waals surface area contributed by atoms with Crippen LogP contribution in [-0.4, -0.2) is 25.6 Å². The number of aromatic nitrogens is 3. The second-order valence-electron chi connectivity index (χ2n) is 4.52. The fourth-order valence-electron chi connectivity index (χ4n) is 1.87. The summed E-state index contributed by atoms with van der Waals surface area (Å²) in [6.07, 6.45) is 0. The summed E-state index contributed by atoms with van der Waals surface area (Å²) in [5.41, 5.74) is 2.73. The van der Waals surface area contributed by atoms with Crippen molar-refractivity contribution >= 4 is 33.5 Å². The molecule has 0 aliphatic heterocycles. The highest BCUT2D eigenvalue weighted by Crippen LogP contribution is 2.15. The summed E-state index contributed by atoms with van der Waals surface area (Å²) < 4.78 is 1.25. The molecule has 110 valence electrons. The zero-order valence-electron chi connectivity index (χ0n) is 11.3. The van der Waals surface area contributed by atoms with Crippen molar-refractivity contribution in [3.05, 3.63) is 44.2 Å². The Morgan fingerprint density at radius 1 is 1.38 bits per heavy atom. The van der Waals surface area contributed by atoms with E-state index in [9.17, 15) is 14.9 Å². The van der Waals surface area contributed by atoms with Gasteiger partial charge in [0.25, 0.3) is 4.73 Å². The fraction of sp³-hybridized carbons (Fsp3) is 0.250. The van der Waals surface area contributed by atoms with E-state index < -0.39 is 10.9 Å². The molecule has 1 amide bonds. The van der Waals surface area contributed by atoms with Crippen molar-refractivity contribution in [1.29, 1.82) is 0 Å². The second kappa shape index (κ2) is 6.00. The van der Waals surface area contributed by atoms with Gasteiger partial charge in [0.2, 0.25) is 5.91 Å². The third-order valence-electron chi connectivity index (χ3n) is 2.58. The smallest absolute Gasteiger partial charge is 0.390 e. The van der Waals surface area contributed by atoms with Crippen LogP contribution in [0.1, 0.15) is 11.1 Å². The van der Waals surface area contributed by atoms with Gasteiger partial charge in [-0.2, -0.15) is 4.68 Å². The molecule has 1 aromatic carbocycles. The maximum atomic E-state index is 11.9. The summed E-state index contributed by atoms with van der Waals surface area (Å²) in [4.78, 5) is 25.4. The third-order valence-corrected chi connectivity index (χ3v) is 3.16. The summed E-state index contributed by atoms with van der Waals surface area (Å²) in [5, 5.41) is 16.9. The Kier molecular flexibility index (Phi) is 4.32. The van der Waals surface area contributed by atoms with Crippen molar-refractivity contribution in [3.8, 4) is 0 Å². The van der Waals surface area contributed by atoms with Crippen LogP contribution in [0.15, 0.2) is 22.9 Å². The van der Waals surface area contributed by atoms with Crippen molar-refractivity contribution in [1.82, 2.24) is 14.8 Å². The molecule has 1 N–H and O–H groups in total. The number of amides is 1. The quantitative estimate of drug-likeness (QED) is 0.670. The largest absolute Gasteiger partial charge is 0.492 e. The van der Waals surface area contributed by atoms with Crippen molar-refractivity contribution in [2.45, 2.75) is 20.4 Å². The lowest BCUT2D eigenvalue weighted by atomic mass is 10.1. The van der Waals surface area contributed by atoms with Gasteiger partial charge in [0.15, 0.2) is 0 Å². The van der Waals surface area contributed by atoms with Crippen molar-refractivity contribution < 1.29 is 9.72 Å². The molecule has 0 atom stereocenters. The number of benzene rings is 1. The molecule has 0 saturated carbocycles. The molecular weight excluding hydrogens is 342 g/mol. The number of carbonyl (C=O) groups excluding carboxylic acids is 1. The van der Waals surface area contributed by atoms with Crippen molar-refractivity contribution in [2.24, 2.45) is 0 Å². The van der Waals surface area contributed by atoms with E-state index in [0.29, 0.717) is 5.69 Å². The first kappa shape index (κ1) is 15.1. The van der Waals surface area contributed by atoms with Crippen LogP contribution in [0, 0.1) is 24.0 Å². The van der Waals surface area contributed by atoms with Gasteiger partial charge in [-0.1, -0.05) is 6.07 Å². The molecule has 8 nitrogen and oxygen atoms in total. The number of nitro groups is 1. The number of nitrogens with zero attached hydrogens (tertiary/aromatic N) is 4. The summed E-state index contributed by atoms with van der Waals surface area (Å²) >= 11 is 3.03. The molecule has 0 aliphatic rings. The lowest BCUT2D eigenvalue weighted by molar-refractivity contribution is -0.394. The van der Waals surface area contributed by atoms with Gasteiger partial charge in [-0.05, 0) is 47.0 Å². The lowest BCUT2D eigenvalue weighted by Crippen LogP contribution is -2.20. The molecular formula is C12H12BrN5O3. The Morgan fingerprint density at radius 2 is 2.00 bits per heavy atom. The van der Waals surface area contributed by atoms with E-state index >= 15 is 0 Å². The van der Waals surface area contributed by atoms with Crippen LogP contribution in [0.25, 0.3) is 0 Å². The third kappa shape index (κ3) is 3.85. The zero-order valence-corrected chi connectivity index (χ0v) is 12.9. The molecule has 0 radical (unpaired) electrons. The average Bonchev–Trinajstić information content (AvgIpc) is 2.69. The summed E-state index contributed by atoms with van der Waals surface area (Å²) in [5.74, 6) is -0.901. The molecule has 9 heteroatoms. The van der Waals surface area contributed by atoms with Crippen LogP contribution in [0.5, 0.6) is 0 Å². The molecule has 2 aromatic rings. The Morgan fingerprint density at radius 3 is 2.52 bits per heavy atom. The molecule has 1 heterocycles. The second-order valence-corrected chi connectivity index (χ2v) is 5.23. The number of rotatable bonds is 4. The Hall–Kier alpha value is -2.29. The van der Waals surface area contributed by atoms with Gasteiger partial charge in [-0.25, -0.2) is 0 Å². The SMILES string of the molecule is Cc1cc(C)cc(NC(=O)Cn2nc([N+](=O)[O-])nc2Br)c1. The van der Waals surface area contributed by atoms with Crippen LogP contribution >= 0.6 is 15.9 Å². The minimum absolute atomic E-state index is 0.129. The molecule has 21 heavy (non-hydrogen) atoms. The molecule has 2 rings (SSSR count). The van der Waals surface area contributed by atoms with Crippen LogP contribution < -0.4 is 5.32 Å². The van der Waals surface area contributed by atoms with Gasteiger partial charge >= 0.3 is 5.95 Å². The minimum atomic E-state index is -0.719. The van der Waals surface area contributed by atoms with E-state index in [1.807, 2.05) is 32.0 Å². The normalized spacial score (nSPS) is 10.4.